The van der Waals surface area contributed by atoms with Gasteiger partial charge >= 0.3 is 6.18 Å². The predicted molar refractivity (Wildman–Crippen MR) is 102 cm³/mol. The lowest BCUT2D eigenvalue weighted by Crippen LogP contribution is -2.36. The number of nitrogens with zero attached hydrogens (tertiary/aromatic N) is 2. The Kier molecular flexibility index (Phi) is 4.06. The quantitative estimate of drug-likeness (QED) is 0.459. The number of para-hydroxylation sites is 1. The summed E-state index contributed by atoms with van der Waals surface area (Å²) in [5.74, 6) is 0.370. The van der Waals surface area contributed by atoms with Crippen LogP contribution in [-0.2, 0) is 6.18 Å². The molecule has 138 valence electrons. The summed E-state index contributed by atoms with van der Waals surface area (Å²) in [7, 11) is 0. The Bertz CT molecular complexity index is 1030. The van der Waals surface area contributed by atoms with E-state index in [-0.39, 0.29) is 11.3 Å². The van der Waals surface area contributed by atoms with Crippen molar-refractivity contribution in [3.05, 3.63) is 71.8 Å². The number of aliphatic imine (C=N–C) groups is 1. The van der Waals surface area contributed by atoms with E-state index in [9.17, 15) is 13.2 Å². The van der Waals surface area contributed by atoms with E-state index in [1.54, 1.807) is 12.1 Å². The standard InChI is InChI=1S/C21H18F3N3/c1-13-12-27(20(25)26-14-6-3-2-4-7-14)18-11-10-15-16(19(13)18)8-5-9-17(15)21(22,23)24/h2-11,13H,12H2,1H3,(H2,25,26). The molecule has 4 rings (SSSR count). The van der Waals surface area contributed by atoms with Crippen LogP contribution in [0.3, 0.4) is 0 Å². The Morgan fingerprint density at radius 3 is 2.44 bits per heavy atom. The summed E-state index contributed by atoms with van der Waals surface area (Å²) < 4.78 is 40.1. The summed E-state index contributed by atoms with van der Waals surface area (Å²) in [5, 5.41) is 0.834. The minimum absolute atomic E-state index is 0.0386. The molecule has 27 heavy (non-hydrogen) atoms. The van der Waals surface area contributed by atoms with Crippen molar-refractivity contribution in [2.75, 3.05) is 11.4 Å². The fourth-order valence-electron chi connectivity index (χ4n) is 3.75. The molecule has 1 aliphatic heterocycles. The van der Waals surface area contributed by atoms with Crippen LogP contribution in [0, 0.1) is 0 Å². The molecule has 6 heteroatoms. The molecule has 2 N–H and O–H groups in total. The van der Waals surface area contributed by atoms with Gasteiger partial charge in [0.2, 0.25) is 5.96 Å². The highest BCUT2D eigenvalue weighted by Gasteiger charge is 2.35. The van der Waals surface area contributed by atoms with Crippen LogP contribution >= 0.6 is 0 Å². The van der Waals surface area contributed by atoms with Crippen LogP contribution in [0.15, 0.2) is 65.7 Å². The minimum Gasteiger partial charge on any atom is -0.369 e. The third-order valence-electron chi connectivity index (χ3n) is 4.90. The molecule has 1 unspecified atom stereocenters. The van der Waals surface area contributed by atoms with Crippen molar-refractivity contribution in [3.63, 3.8) is 0 Å². The number of halogens is 3. The predicted octanol–water partition coefficient (Wildman–Crippen LogP) is 5.43. The number of fused-ring (bicyclic) bond motifs is 3. The second-order valence-corrected chi connectivity index (χ2v) is 6.71. The zero-order valence-electron chi connectivity index (χ0n) is 14.7. The minimum atomic E-state index is -4.39. The summed E-state index contributed by atoms with van der Waals surface area (Å²) in [4.78, 5) is 6.32. The van der Waals surface area contributed by atoms with Gasteiger partial charge in [-0.25, -0.2) is 4.99 Å². The van der Waals surface area contributed by atoms with E-state index in [4.69, 9.17) is 5.73 Å². The van der Waals surface area contributed by atoms with Crippen molar-refractivity contribution in [2.24, 2.45) is 10.7 Å². The lowest BCUT2D eigenvalue weighted by molar-refractivity contribution is -0.136. The van der Waals surface area contributed by atoms with Gasteiger partial charge in [-0.1, -0.05) is 43.3 Å². The van der Waals surface area contributed by atoms with E-state index in [1.807, 2.05) is 42.2 Å². The first kappa shape index (κ1) is 17.4. The smallest absolute Gasteiger partial charge is 0.369 e. The molecule has 1 atom stereocenters. The van der Waals surface area contributed by atoms with Gasteiger partial charge in [0, 0.05) is 18.2 Å². The molecule has 0 aliphatic carbocycles. The highest BCUT2D eigenvalue weighted by atomic mass is 19.4. The third kappa shape index (κ3) is 3.01. The summed E-state index contributed by atoms with van der Waals surface area (Å²) in [6.45, 7) is 2.57. The molecule has 1 aliphatic rings. The number of benzene rings is 3. The van der Waals surface area contributed by atoms with E-state index < -0.39 is 11.7 Å². The fourth-order valence-corrected chi connectivity index (χ4v) is 3.75. The SMILES string of the molecule is CC1CN(C(N)=Nc2ccccc2)c2ccc3c(C(F)(F)F)cccc3c21. The number of guanidine groups is 1. The van der Waals surface area contributed by atoms with E-state index in [2.05, 4.69) is 4.99 Å². The van der Waals surface area contributed by atoms with Crippen LogP contribution < -0.4 is 10.6 Å². The van der Waals surface area contributed by atoms with Crippen LogP contribution in [-0.4, -0.2) is 12.5 Å². The maximum Gasteiger partial charge on any atom is 0.417 e. The molecule has 3 nitrogen and oxygen atoms in total. The third-order valence-corrected chi connectivity index (χ3v) is 4.90. The molecule has 0 radical (unpaired) electrons. The second kappa shape index (κ2) is 6.30. The first-order valence-electron chi connectivity index (χ1n) is 8.66. The van der Waals surface area contributed by atoms with Gasteiger partial charge in [0.05, 0.1) is 11.3 Å². The van der Waals surface area contributed by atoms with Gasteiger partial charge in [-0.15, -0.1) is 0 Å². The maximum absolute atomic E-state index is 13.4. The Morgan fingerprint density at radius 2 is 1.74 bits per heavy atom. The number of hydrogen-bond acceptors (Lipinski definition) is 1. The molecule has 0 aromatic heterocycles. The normalized spacial score (nSPS) is 17.4. The first-order chi connectivity index (χ1) is 12.9. The van der Waals surface area contributed by atoms with E-state index >= 15 is 0 Å². The van der Waals surface area contributed by atoms with Crippen LogP contribution in [0.5, 0.6) is 0 Å². The highest BCUT2D eigenvalue weighted by Crippen LogP contribution is 2.44. The molecule has 0 saturated heterocycles. The zero-order chi connectivity index (χ0) is 19.2. The van der Waals surface area contributed by atoms with E-state index in [0.717, 1.165) is 23.0 Å². The molecule has 0 amide bonds. The molecular weight excluding hydrogens is 351 g/mol. The largest absolute Gasteiger partial charge is 0.417 e. The molecular formula is C21H18F3N3. The van der Waals surface area contributed by atoms with Crippen molar-refractivity contribution in [2.45, 2.75) is 19.0 Å². The van der Waals surface area contributed by atoms with Crippen molar-refractivity contribution >= 4 is 28.1 Å². The first-order valence-corrected chi connectivity index (χ1v) is 8.66. The number of rotatable bonds is 1. The summed E-state index contributed by atoms with van der Waals surface area (Å²) in [6, 6.07) is 16.9. The zero-order valence-corrected chi connectivity index (χ0v) is 14.7. The average Bonchev–Trinajstić information content (AvgIpc) is 2.98. The van der Waals surface area contributed by atoms with Crippen molar-refractivity contribution in [1.29, 1.82) is 0 Å². The molecule has 3 aromatic carbocycles. The van der Waals surface area contributed by atoms with Crippen molar-refractivity contribution in [3.8, 4) is 0 Å². The van der Waals surface area contributed by atoms with Crippen molar-refractivity contribution in [1.82, 2.24) is 0 Å². The van der Waals surface area contributed by atoms with Gasteiger partial charge in [0.15, 0.2) is 0 Å². The fraction of sp³-hybridized carbons (Fsp3) is 0.190. The van der Waals surface area contributed by atoms with Crippen LogP contribution in [0.1, 0.15) is 24.0 Å². The Morgan fingerprint density at radius 1 is 1.00 bits per heavy atom. The highest BCUT2D eigenvalue weighted by molar-refractivity contribution is 6.03. The Labute approximate surface area is 154 Å². The Hall–Kier alpha value is -3.02. The number of anilines is 1. The number of alkyl halides is 3. The molecule has 0 fully saturated rings. The maximum atomic E-state index is 13.4. The van der Waals surface area contributed by atoms with Gasteiger partial charge in [0.25, 0.3) is 0 Å². The van der Waals surface area contributed by atoms with Crippen LogP contribution in [0.4, 0.5) is 24.5 Å². The second-order valence-electron chi connectivity index (χ2n) is 6.71. The Balaban J connectivity index is 1.84. The molecule has 0 saturated carbocycles. The van der Waals surface area contributed by atoms with E-state index in [0.29, 0.717) is 17.9 Å². The number of nitrogens with two attached hydrogens (primary N) is 1. The van der Waals surface area contributed by atoms with Crippen LogP contribution in [0.2, 0.25) is 0 Å². The summed E-state index contributed by atoms with van der Waals surface area (Å²) in [6.07, 6.45) is -4.39. The van der Waals surface area contributed by atoms with Gasteiger partial charge in [-0.3, -0.25) is 0 Å². The molecule has 0 spiro atoms. The lowest BCUT2D eigenvalue weighted by atomic mass is 9.94. The van der Waals surface area contributed by atoms with Gasteiger partial charge in [-0.2, -0.15) is 13.2 Å². The molecule has 1 heterocycles. The monoisotopic (exact) mass is 369 g/mol. The molecule has 0 bridgehead atoms. The van der Waals surface area contributed by atoms with E-state index in [1.165, 1.54) is 12.1 Å². The van der Waals surface area contributed by atoms with Gasteiger partial charge in [0.1, 0.15) is 0 Å². The molecule has 3 aromatic rings. The van der Waals surface area contributed by atoms with Crippen molar-refractivity contribution < 1.29 is 13.2 Å². The topological polar surface area (TPSA) is 41.6 Å². The number of hydrogen-bond donors (Lipinski definition) is 1. The average molecular weight is 369 g/mol. The van der Waals surface area contributed by atoms with Gasteiger partial charge in [-0.05, 0) is 40.6 Å². The van der Waals surface area contributed by atoms with Gasteiger partial charge < -0.3 is 10.6 Å². The van der Waals surface area contributed by atoms with Crippen LogP contribution in [0.25, 0.3) is 10.8 Å². The summed E-state index contributed by atoms with van der Waals surface area (Å²) >= 11 is 0. The lowest BCUT2D eigenvalue weighted by Gasteiger charge is -2.19. The summed E-state index contributed by atoms with van der Waals surface area (Å²) in [5.41, 5.74) is 8.04.